The summed E-state index contributed by atoms with van der Waals surface area (Å²) >= 11 is 9.54. The Morgan fingerprint density at radius 1 is 1.00 bits per heavy atom. The molecule has 0 aliphatic rings. The van der Waals surface area contributed by atoms with Gasteiger partial charge in [0, 0.05) is 16.1 Å². The molecule has 0 spiro atoms. The summed E-state index contributed by atoms with van der Waals surface area (Å²) in [5.74, 6) is 1.36. The second-order valence-electron chi connectivity index (χ2n) is 4.00. The molecule has 0 bridgehead atoms. The van der Waals surface area contributed by atoms with Gasteiger partial charge in [-0.1, -0.05) is 39.7 Å². The maximum absolute atomic E-state index is 6.14. The lowest BCUT2D eigenvalue weighted by molar-refractivity contribution is 0.488. The van der Waals surface area contributed by atoms with E-state index in [1.807, 2.05) is 42.5 Å². The van der Waals surface area contributed by atoms with Gasteiger partial charge < -0.3 is 4.74 Å². The van der Waals surface area contributed by atoms with Gasteiger partial charge in [0.05, 0.1) is 10.5 Å². The first-order chi connectivity index (χ1) is 9.24. The lowest BCUT2D eigenvalue weighted by Gasteiger charge is -2.10. The summed E-state index contributed by atoms with van der Waals surface area (Å²) in [5.41, 5.74) is 0.895. The van der Waals surface area contributed by atoms with Gasteiger partial charge in [0.2, 0.25) is 0 Å². The molecule has 19 heavy (non-hydrogen) atoms. The van der Waals surface area contributed by atoms with E-state index in [0.29, 0.717) is 10.8 Å². The highest BCUT2D eigenvalue weighted by Crippen LogP contribution is 2.34. The molecule has 1 aromatic heterocycles. The molecule has 0 radical (unpaired) electrons. The fourth-order valence-electron chi connectivity index (χ4n) is 1.83. The third-order valence-corrected chi connectivity index (χ3v) is 3.53. The second-order valence-corrected chi connectivity index (χ2v) is 5.33. The number of benzene rings is 2. The molecule has 2 nitrogen and oxygen atoms in total. The van der Waals surface area contributed by atoms with Crippen molar-refractivity contribution in [2.24, 2.45) is 0 Å². The van der Waals surface area contributed by atoms with Crippen molar-refractivity contribution in [2.45, 2.75) is 0 Å². The molecular weight excluding hydrogens is 326 g/mol. The Morgan fingerprint density at radius 3 is 2.74 bits per heavy atom. The SMILES string of the molecule is Clc1ccc(Br)cc1Oc1ccnc2ccccc12. The third-order valence-electron chi connectivity index (χ3n) is 2.72. The average Bonchev–Trinajstić information content (AvgIpc) is 2.43. The van der Waals surface area contributed by atoms with Crippen LogP contribution in [-0.2, 0) is 0 Å². The summed E-state index contributed by atoms with van der Waals surface area (Å²) in [4.78, 5) is 4.30. The number of ether oxygens (including phenoxy) is 1. The molecule has 2 aromatic carbocycles. The van der Waals surface area contributed by atoms with Crippen LogP contribution < -0.4 is 4.74 Å². The first-order valence-corrected chi connectivity index (χ1v) is 6.88. The van der Waals surface area contributed by atoms with E-state index < -0.39 is 0 Å². The van der Waals surface area contributed by atoms with Gasteiger partial charge in [0.1, 0.15) is 11.5 Å². The lowest BCUT2D eigenvalue weighted by Crippen LogP contribution is -1.88. The summed E-state index contributed by atoms with van der Waals surface area (Å²) in [6.45, 7) is 0. The molecule has 0 saturated heterocycles. The zero-order valence-corrected chi connectivity index (χ0v) is 12.1. The number of aromatic nitrogens is 1. The van der Waals surface area contributed by atoms with Crippen LogP contribution in [0, 0.1) is 0 Å². The van der Waals surface area contributed by atoms with Gasteiger partial charge in [-0.15, -0.1) is 0 Å². The van der Waals surface area contributed by atoms with Crippen molar-refractivity contribution in [2.75, 3.05) is 0 Å². The smallest absolute Gasteiger partial charge is 0.147 e. The van der Waals surface area contributed by atoms with Crippen LogP contribution in [0.5, 0.6) is 11.5 Å². The molecule has 3 aromatic rings. The van der Waals surface area contributed by atoms with Gasteiger partial charge in [-0.3, -0.25) is 4.98 Å². The first kappa shape index (κ1) is 12.5. The van der Waals surface area contributed by atoms with Gasteiger partial charge in [-0.05, 0) is 36.4 Å². The number of para-hydroxylation sites is 1. The van der Waals surface area contributed by atoms with Crippen molar-refractivity contribution in [1.29, 1.82) is 0 Å². The molecule has 0 N–H and O–H groups in total. The Morgan fingerprint density at radius 2 is 1.84 bits per heavy atom. The molecule has 0 fully saturated rings. The highest BCUT2D eigenvalue weighted by atomic mass is 79.9. The van der Waals surface area contributed by atoms with Crippen molar-refractivity contribution in [3.05, 3.63) is 64.2 Å². The molecule has 94 valence electrons. The minimum atomic E-state index is 0.573. The standard InChI is InChI=1S/C15H9BrClNO/c16-10-5-6-12(17)15(9-10)19-14-7-8-18-13-4-2-1-3-11(13)14/h1-9H. The van der Waals surface area contributed by atoms with Gasteiger partial charge in [0.25, 0.3) is 0 Å². The number of fused-ring (bicyclic) bond motifs is 1. The first-order valence-electron chi connectivity index (χ1n) is 5.71. The zero-order chi connectivity index (χ0) is 13.2. The van der Waals surface area contributed by atoms with Crippen LogP contribution in [-0.4, -0.2) is 4.98 Å². The van der Waals surface area contributed by atoms with Crippen LogP contribution in [0.4, 0.5) is 0 Å². The number of hydrogen-bond donors (Lipinski definition) is 0. The summed E-state index contributed by atoms with van der Waals surface area (Å²) in [7, 11) is 0. The lowest BCUT2D eigenvalue weighted by atomic mass is 10.2. The van der Waals surface area contributed by atoms with E-state index in [1.54, 1.807) is 12.3 Å². The largest absolute Gasteiger partial charge is 0.455 e. The van der Waals surface area contributed by atoms with Crippen molar-refractivity contribution < 1.29 is 4.74 Å². The number of nitrogens with zero attached hydrogens (tertiary/aromatic N) is 1. The number of pyridine rings is 1. The van der Waals surface area contributed by atoms with Crippen LogP contribution in [0.25, 0.3) is 10.9 Å². The van der Waals surface area contributed by atoms with E-state index in [9.17, 15) is 0 Å². The molecule has 0 atom stereocenters. The quantitative estimate of drug-likeness (QED) is 0.622. The van der Waals surface area contributed by atoms with E-state index in [0.717, 1.165) is 21.1 Å². The summed E-state index contributed by atoms with van der Waals surface area (Å²) in [6.07, 6.45) is 1.73. The van der Waals surface area contributed by atoms with Gasteiger partial charge in [-0.25, -0.2) is 0 Å². The molecule has 0 unspecified atom stereocenters. The Hall–Kier alpha value is -1.58. The minimum absolute atomic E-state index is 0.573. The minimum Gasteiger partial charge on any atom is -0.455 e. The van der Waals surface area contributed by atoms with Crippen LogP contribution >= 0.6 is 27.5 Å². The fourth-order valence-corrected chi connectivity index (χ4v) is 2.33. The van der Waals surface area contributed by atoms with Crippen LogP contribution in [0.15, 0.2) is 59.2 Å². The predicted octanol–water partition coefficient (Wildman–Crippen LogP) is 5.44. The van der Waals surface area contributed by atoms with Crippen molar-refractivity contribution in [1.82, 2.24) is 4.98 Å². The molecule has 3 rings (SSSR count). The van der Waals surface area contributed by atoms with Crippen molar-refractivity contribution in [3.8, 4) is 11.5 Å². The van der Waals surface area contributed by atoms with E-state index in [-0.39, 0.29) is 0 Å². The average molecular weight is 335 g/mol. The molecule has 0 saturated carbocycles. The maximum Gasteiger partial charge on any atom is 0.147 e. The van der Waals surface area contributed by atoms with Gasteiger partial charge in [0.15, 0.2) is 0 Å². The van der Waals surface area contributed by atoms with Crippen LogP contribution in [0.3, 0.4) is 0 Å². The van der Waals surface area contributed by atoms with Crippen LogP contribution in [0.1, 0.15) is 0 Å². The Labute approximate surface area is 124 Å². The molecule has 0 aliphatic carbocycles. The molecule has 0 aliphatic heterocycles. The Balaban J connectivity index is 2.08. The molecular formula is C15H9BrClNO. The monoisotopic (exact) mass is 333 g/mol. The number of rotatable bonds is 2. The van der Waals surface area contributed by atoms with Crippen molar-refractivity contribution >= 4 is 38.4 Å². The van der Waals surface area contributed by atoms with Crippen LogP contribution in [0.2, 0.25) is 5.02 Å². The maximum atomic E-state index is 6.14. The fraction of sp³-hybridized carbons (Fsp3) is 0. The van der Waals surface area contributed by atoms with E-state index in [2.05, 4.69) is 20.9 Å². The number of hydrogen-bond acceptors (Lipinski definition) is 2. The normalized spacial score (nSPS) is 10.6. The van der Waals surface area contributed by atoms with Gasteiger partial charge >= 0.3 is 0 Å². The Kier molecular flexibility index (Phi) is 3.40. The number of halogens is 2. The molecule has 4 heteroatoms. The Bertz CT molecular complexity index is 740. The van der Waals surface area contributed by atoms with Gasteiger partial charge in [-0.2, -0.15) is 0 Å². The summed E-state index contributed by atoms with van der Waals surface area (Å²) in [6, 6.07) is 15.2. The van der Waals surface area contributed by atoms with E-state index in [1.165, 1.54) is 0 Å². The predicted molar refractivity (Wildman–Crippen MR) is 81.0 cm³/mol. The molecule has 1 heterocycles. The zero-order valence-electron chi connectivity index (χ0n) is 9.81. The van der Waals surface area contributed by atoms with Crippen molar-refractivity contribution in [3.63, 3.8) is 0 Å². The molecule has 0 amide bonds. The topological polar surface area (TPSA) is 22.1 Å². The summed E-state index contributed by atoms with van der Waals surface area (Å²) in [5, 5.41) is 1.53. The van der Waals surface area contributed by atoms with E-state index in [4.69, 9.17) is 16.3 Å². The highest BCUT2D eigenvalue weighted by molar-refractivity contribution is 9.10. The highest BCUT2D eigenvalue weighted by Gasteiger charge is 2.07. The third kappa shape index (κ3) is 2.57. The second kappa shape index (κ2) is 5.19. The van der Waals surface area contributed by atoms with E-state index >= 15 is 0 Å². The summed E-state index contributed by atoms with van der Waals surface area (Å²) < 4.78 is 6.82.